The molecule has 0 atom stereocenters. The molecule has 1 aliphatic rings. The van der Waals surface area contributed by atoms with Crippen molar-refractivity contribution in [3.05, 3.63) is 108 Å². The lowest BCUT2D eigenvalue weighted by molar-refractivity contribution is 0.158. The van der Waals surface area contributed by atoms with Crippen molar-refractivity contribution >= 4 is 31.5 Å². The Morgan fingerprint density at radius 3 is 1.79 bits per heavy atom. The highest BCUT2D eigenvalue weighted by Gasteiger charge is 2.29. The number of ether oxygens (including phenoxy) is 1. The Morgan fingerprint density at radius 1 is 0.765 bits per heavy atom. The highest BCUT2D eigenvalue weighted by Crippen LogP contribution is 2.44. The number of hydrogen-bond donors (Lipinski definition) is 1. The molecular weight excluding hydrogens is 470 g/mol. The summed E-state index contributed by atoms with van der Waals surface area (Å²) in [5.41, 5.74) is 6.98. The minimum atomic E-state index is -3.76. The zero-order valence-corrected chi connectivity index (χ0v) is 19.5. The third-order valence-corrected chi connectivity index (χ3v) is 7.31. The van der Waals surface area contributed by atoms with Crippen molar-refractivity contribution < 1.29 is 17.9 Å². The first-order chi connectivity index (χ1) is 16.4. The van der Waals surface area contributed by atoms with Gasteiger partial charge in [0.2, 0.25) is 0 Å². The molecule has 0 saturated carbocycles. The normalized spacial score (nSPS) is 12.6. The molecule has 0 aliphatic heterocycles. The van der Waals surface area contributed by atoms with Gasteiger partial charge in [-0.15, -0.1) is 0 Å². The molecule has 0 radical (unpaired) electrons. The molecule has 0 saturated heterocycles. The van der Waals surface area contributed by atoms with E-state index in [0.717, 1.165) is 22.3 Å². The van der Waals surface area contributed by atoms with Gasteiger partial charge in [0.15, 0.2) is 0 Å². The molecule has 5 rings (SSSR count). The predicted octanol–water partition coefficient (Wildman–Crippen LogP) is 6.64. The van der Waals surface area contributed by atoms with Crippen molar-refractivity contribution in [2.75, 3.05) is 11.9 Å². The predicted molar refractivity (Wildman–Crippen MR) is 134 cm³/mol. The molecule has 0 heterocycles. The Balaban J connectivity index is 1.24. The molecule has 0 aromatic heterocycles. The van der Waals surface area contributed by atoms with Crippen LogP contribution in [0, 0.1) is 0 Å². The van der Waals surface area contributed by atoms with Gasteiger partial charge in [0.25, 0.3) is 9.05 Å². The Labute approximate surface area is 202 Å². The second-order valence-corrected chi connectivity index (χ2v) is 10.6. The molecule has 1 amide bonds. The van der Waals surface area contributed by atoms with E-state index >= 15 is 0 Å². The number of nitrogens with one attached hydrogen (secondary N) is 1. The number of hydrogen-bond acceptors (Lipinski definition) is 4. The molecule has 4 aromatic carbocycles. The largest absolute Gasteiger partial charge is 0.448 e. The van der Waals surface area contributed by atoms with Crippen LogP contribution >= 0.6 is 10.7 Å². The summed E-state index contributed by atoms with van der Waals surface area (Å²) in [7, 11) is 1.61. The SMILES string of the molecule is O=C(Nc1ccc(-c2ccc(S(=O)(=O)Cl)cc2)cc1)OCC1c2ccccc2-c2ccccc21. The molecule has 4 aromatic rings. The van der Waals surface area contributed by atoms with Gasteiger partial charge in [-0.05, 0) is 57.6 Å². The van der Waals surface area contributed by atoms with Crippen molar-refractivity contribution in [3.63, 3.8) is 0 Å². The van der Waals surface area contributed by atoms with Gasteiger partial charge in [0.1, 0.15) is 6.61 Å². The lowest BCUT2D eigenvalue weighted by Crippen LogP contribution is -2.17. The number of carbonyl (C=O) groups is 1. The first kappa shape index (κ1) is 22.2. The summed E-state index contributed by atoms with van der Waals surface area (Å²) < 4.78 is 28.4. The first-order valence-electron chi connectivity index (χ1n) is 10.7. The summed E-state index contributed by atoms with van der Waals surface area (Å²) in [5, 5.41) is 2.76. The fraction of sp³-hybridized carbons (Fsp3) is 0.0741. The van der Waals surface area contributed by atoms with Crippen LogP contribution in [0.2, 0.25) is 0 Å². The average Bonchev–Trinajstić information content (AvgIpc) is 3.16. The summed E-state index contributed by atoms with van der Waals surface area (Å²) in [5.74, 6) is 0.000277. The molecule has 34 heavy (non-hydrogen) atoms. The van der Waals surface area contributed by atoms with Crippen molar-refractivity contribution in [1.82, 2.24) is 0 Å². The Morgan fingerprint density at radius 2 is 1.26 bits per heavy atom. The van der Waals surface area contributed by atoms with Gasteiger partial charge >= 0.3 is 6.09 Å². The van der Waals surface area contributed by atoms with Gasteiger partial charge in [-0.25, -0.2) is 13.2 Å². The van der Waals surface area contributed by atoms with Crippen LogP contribution < -0.4 is 5.32 Å². The quantitative estimate of drug-likeness (QED) is 0.319. The van der Waals surface area contributed by atoms with Crippen molar-refractivity contribution in [2.24, 2.45) is 0 Å². The molecular formula is C27H20ClNO4S. The van der Waals surface area contributed by atoms with E-state index < -0.39 is 15.1 Å². The van der Waals surface area contributed by atoms with E-state index in [0.29, 0.717) is 5.69 Å². The number of rotatable bonds is 5. The Hall–Kier alpha value is -3.61. The van der Waals surface area contributed by atoms with Crippen LogP contribution in [0.15, 0.2) is 102 Å². The monoisotopic (exact) mass is 489 g/mol. The molecule has 1 aliphatic carbocycles. The fourth-order valence-corrected chi connectivity index (χ4v) is 5.08. The van der Waals surface area contributed by atoms with Crippen LogP contribution in [-0.4, -0.2) is 21.1 Å². The van der Waals surface area contributed by atoms with Crippen LogP contribution in [0.5, 0.6) is 0 Å². The molecule has 170 valence electrons. The highest BCUT2D eigenvalue weighted by molar-refractivity contribution is 8.13. The number of benzene rings is 4. The molecule has 5 nitrogen and oxygen atoms in total. The summed E-state index contributed by atoms with van der Waals surface area (Å²) in [6.45, 7) is 0.244. The van der Waals surface area contributed by atoms with Gasteiger partial charge in [0, 0.05) is 22.3 Å². The van der Waals surface area contributed by atoms with Gasteiger partial charge in [-0.3, -0.25) is 5.32 Å². The summed E-state index contributed by atoms with van der Waals surface area (Å²) in [6.07, 6.45) is -0.522. The first-order valence-corrected chi connectivity index (χ1v) is 13.0. The van der Waals surface area contributed by atoms with Crippen LogP contribution in [0.1, 0.15) is 17.0 Å². The van der Waals surface area contributed by atoms with E-state index in [-0.39, 0.29) is 17.4 Å². The van der Waals surface area contributed by atoms with E-state index in [4.69, 9.17) is 15.4 Å². The molecule has 0 spiro atoms. The standard InChI is InChI=1S/C27H20ClNO4S/c28-34(31,32)21-15-11-19(12-16-21)18-9-13-20(14-10-18)29-27(30)33-17-26-24-7-3-1-5-22(24)23-6-2-4-8-25(23)26/h1-16,26H,17H2,(H,29,30). The second-order valence-electron chi connectivity index (χ2n) is 7.99. The third kappa shape index (κ3) is 4.42. The van der Waals surface area contributed by atoms with E-state index in [2.05, 4.69) is 29.6 Å². The maximum Gasteiger partial charge on any atom is 0.411 e. The summed E-state index contributed by atoms with van der Waals surface area (Å²) >= 11 is 0. The number of amides is 1. The van der Waals surface area contributed by atoms with Gasteiger partial charge in [-0.2, -0.15) is 0 Å². The smallest absolute Gasteiger partial charge is 0.411 e. The second kappa shape index (κ2) is 8.97. The number of anilines is 1. The van der Waals surface area contributed by atoms with Crippen LogP contribution in [0.25, 0.3) is 22.3 Å². The van der Waals surface area contributed by atoms with Crippen LogP contribution in [0.3, 0.4) is 0 Å². The zero-order valence-electron chi connectivity index (χ0n) is 17.9. The number of halogens is 1. The minimum absolute atomic E-state index is 0.000277. The summed E-state index contributed by atoms with van der Waals surface area (Å²) in [4.78, 5) is 12.5. The summed E-state index contributed by atoms with van der Waals surface area (Å²) in [6, 6.07) is 29.9. The lowest BCUT2D eigenvalue weighted by atomic mass is 9.98. The Kier molecular flexibility index (Phi) is 5.86. The van der Waals surface area contributed by atoms with E-state index in [9.17, 15) is 13.2 Å². The molecule has 0 bridgehead atoms. The Bertz CT molecular complexity index is 1420. The van der Waals surface area contributed by atoms with Crippen molar-refractivity contribution in [3.8, 4) is 22.3 Å². The highest BCUT2D eigenvalue weighted by atomic mass is 35.7. The average molecular weight is 490 g/mol. The molecule has 0 fully saturated rings. The lowest BCUT2D eigenvalue weighted by Gasteiger charge is -2.14. The maximum absolute atomic E-state index is 12.5. The van der Waals surface area contributed by atoms with E-state index in [1.807, 2.05) is 36.4 Å². The molecule has 7 heteroatoms. The van der Waals surface area contributed by atoms with Crippen LogP contribution in [-0.2, 0) is 13.8 Å². The van der Waals surface area contributed by atoms with E-state index in [1.165, 1.54) is 23.3 Å². The van der Waals surface area contributed by atoms with Gasteiger partial charge in [0.05, 0.1) is 4.90 Å². The maximum atomic E-state index is 12.5. The van der Waals surface area contributed by atoms with Crippen molar-refractivity contribution in [2.45, 2.75) is 10.8 Å². The third-order valence-electron chi connectivity index (χ3n) is 5.94. The van der Waals surface area contributed by atoms with E-state index in [1.54, 1.807) is 24.3 Å². The van der Waals surface area contributed by atoms with Crippen molar-refractivity contribution in [1.29, 1.82) is 0 Å². The number of carbonyl (C=O) groups excluding carboxylic acids is 1. The topological polar surface area (TPSA) is 72.5 Å². The minimum Gasteiger partial charge on any atom is -0.448 e. The molecule has 0 unspecified atom stereocenters. The molecule has 1 N–H and O–H groups in total. The number of fused-ring (bicyclic) bond motifs is 3. The van der Waals surface area contributed by atoms with Gasteiger partial charge < -0.3 is 4.74 Å². The van der Waals surface area contributed by atoms with Crippen LogP contribution in [0.4, 0.5) is 10.5 Å². The fourth-order valence-electron chi connectivity index (χ4n) is 4.31. The van der Waals surface area contributed by atoms with Gasteiger partial charge in [-0.1, -0.05) is 72.8 Å². The zero-order chi connectivity index (χ0) is 23.7.